The zero-order valence-electron chi connectivity index (χ0n) is 44.3. The Morgan fingerprint density at radius 2 is 0.898 bits per heavy atom. The highest BCUT2D eigenvalue weighted by Gasteiger charge is 2.21. The van der Waals surface area contributed by atoms with Crippen LogP contribution in [0.1, 0.15) is 26.0 Å². The van der Waals surface area contributed by atoms with Crippen LogP contribution in [0, 0.1) is 0 Å². The maximum Gasteiger partial charge on any atom is 0.143 e. The third-order valence-corrected chi connectivity index (χ3v) is 8.75. The monoisotopic (exact) mass is 641 g/mol. The van der Waals surface area contributed by atoms with E-state index in [0.717, 1.165) is 11.1 Å². The first kappa shape index (κ1) is 14.8. The van der Waals surface area contributed by atoms with Crippen molar-refractivity contribution in [3.8, 4) is 44.5 Å². The van der Waals surface area contributed by atoms with Gasteiger partial charge in [-0.3, -0.25) is 0 Å². The molecule has 49 heavy (non-hydrogen) atoms. The van der Waals surface area contributed by atoms with Crippen molar-refractivity contribution in [2.24, 2.45) is 0 Å². The standard InChI is InChI=1S/C48H30O/c1-3-15-31(16-4-1)33-25-13-27-43-47-37(26-14-28-44(47)49-48(33)43)36-29-30-42(35-20-8-7-19-34(35)36)46-40-23-11-9-21-38(40)45(32-17-5-2-6-18-32)39-22-10-12-24-41(39)46/h1-30H/i2D,5D,6D,7D,8D,9D,10D,11D,12D,17D,18D,19D,20D,21D,22D,23D,24D,29D,30D. The summed E-state index contributed by atoms with van der Waals surface area (Å²) in [6.45, 7) is 0. The smallest absolute Gasteiger partial charge is 0.143 e. The second-order valence-electron chi connectivity index (χ2n) is 11.3. The lowest BCUT2D eigenvalue weighted by atomic mass is 9.83. The van der Waals surface area contributed by atoms with E-state index in [1.807, 2.05) is 42.5 Å². The minimum atomic E-state index is -0.871. The highest BCUT2D eigenvalue weighted by Crippen LogP contribution is 2.48. The van der Waals surface area contributed by atoms with Gasteiger partial charge in [0.25, 0.3) is 0 Å². The number of furan rings is 1. The van der Waals surface area contributed by atoms with Crippen LogP contribution in [-0.2, 0) is 0 Å². The quantitative estimate of drug-likeness (QED) is 0.174. The molecule has 0 atom stereocenters. The molecular weight excluding hydrogens is 593 g/mol. The van der Waals surface area contributed by atoms with Gasteiger partial charge in [-0.25, -0.2) is 0 Å². The van der Waals surface area contributed by atoms with E-state index >= 15 is 0 Å². The Bertz CT molecular complexity index is 3850. The van der Waals surface area contributed by atoms with Crippen molar-refractivity contribution in [1.29, 1.82) is 0 Å². The van der Waals surface area contributed by atoms with E-state index < -0.39 is 164 Å². The van der Waals surface area contributed by atoms with Crippen LogP contribution in [0.25, 0.3) is 98.8 Å². The van der Waals surface area contributed by atoms with Gasteiger partial charge in [0, 0.05) is 16.3 Å². The van der Waals surface area contributed by atoms with Crippen LogP contribution in [0.15, 0.2) is 186 Å². The molecule has 0 aliphatic heterocycles. The molecule has 10 aromatic rings. The number of rotatable bonds is 4. The Labute approximate surface area is 311 Å². The summed E-state index contributed by atoms with van der Waals surface area (Å²) in [6, 6.07) is 4.41. The van der Waals surface area contributed by atoms with Crippen LogP contribution in [0.4, 0.5) is 0 Å². The summed E-state index contributed by atoms with van der Waals surface area (Å²) in [5.74, 6) is 0. The molecule has 9 aromatic carbocycles. The summed E-state index contributed by atoms with van der Waals surface area (Å²) >= 11 is 0. The van der Waals surface area contributed by atoms with Gasteiger partial charge in [0.05, 0.1) is 26.0 Å². The van der Waals surface area contributed by atoms with Crippen molar-refractivity contribution < 1.29 is 30.5 Å². The van der Waals surface area contributed by atoms with E-state index in [0.29, 0.717) is 21.9 Å². The molecule has 0 aliphatic rings. The number of hydrogen-bond acceptors (Lipinski definition) is 1. The maximum atomic E-state index is 9.96. The molecule has 0 saturated heterocycles. The van der Waals surface area contributed by atoms with Crippen LogP contribution in [-0.4, -0.2) is 0 Å². The lowest BCUT2D eigenvalue weighted by molar-refractivity contribution is 0.670. The van der Waals surface area contributed by atoms with Crippen LogP contribution in [0.3, 0.4) is 0 Å². The molecule has 1 aromatic heterocycles. The lowest BCUT2D eigenvalue weighted by Gasteiger charge is -2.19. The molecule has 0 bridgehead atoms. The topological polar surface area (TPSA) is 13.1 Å². The summed E-state index contributed by atoms with van der Waals surface area (Å²) in [6.07, 6.45) is 0. The van der Waals surface area contributed by atoms with Gasteiger partial charge < -0.3 is 4.42 Å². The molecule has 0 saturated carbocycles. The average molecular weight is 642 g/mol. The molecule has 0 spiro atoms. The fraction of sp³-hybridized carbons (Fsp3) is 0. The average Bonchev–Trinajstić information content (AvgIpc) is 3.73. The molecule has 10 rings (SSSR count). The maximum absolute atomic E-state index is 9.96. The van der Waals surface area contributed by atoms with E-state index in [-0.39, 0.29) is 16.5 Å². The van der Waals surface area contributed by atoms with Gasteiger partial charge in [-0.2, -0.15) is 0 Å². The Kier molecular flexibility index (Phi) is 3.34. The van der Waals surface area contributed by atoms with Crippen LogP contribution >= 0.6 is 0 Å². The molecule has 0 radical (unpaired) electrons. The van der Waals surface area contributed by atoms with Crippen molar-refractivity contribution in [2.45, 2.75) is 0 Å². The van der Waals surface area contributed by atoms with Gasteiger partial charge in [-0.1, -0.05) is 175 Å². The Morgan fingerprint density at radius 1 is 0.347 bits per heavy atom. The van der Waals surface area contributed by atoms with E-state index in [1.165, 1.54) is 0 Å². The Morgan fingerprint density at radius 3 is 1.59 bits per heavy atom. The van der Waals surface area contributed by atoms with Crippen LogP contribution in [0.5, 0.6) is 0 Å². The molecule has 228 valence electrons. The van der Waals surface area contributed by atoms with E-state index in [9.17, 15) is 11.0 Å². The molecule has 1 heterocycles. The van der Waals surface area contributed by atoms with E-state index in [1.54, 1.807) is 24.3 Å². The fourth-order valence-electron chi connectivity index (χ4n) is 6.73. The molecule has 0 aliphatic carbocycles. The largest absolute Gasteiger partial charge is 0.455 e. The zero-order chi connectivity index (χ0) is 48.8. The lowest BCUT2D eigenvalue weighted by Crippen LogP contribution is -1.92. The number of para-hydroxylation sites is 1. The van der Waals surface area contributed by atoms with Crippen molar-refractivity contribution in [2.75, 3.05) is 0 Å². The molecule has 0 fully saturated rings. The first-order valence-corrected chi connectivity index (χ1v) is 15.3. The summed E-state index contributed by atoms with van der Waals surface area (Å²) in [5.41, 5.74) is 0.193. The van der Waals surface area contributed by atoms with Crippen molar-refractivity contribution >= 4 is 54.3 Å². The third kappa shape index (κ3) is 4.26. The second-order valence-corrected chi connectivity index (χ2v) is 11.3. The van der Waals surface area contributed by atoms with E-state index in [2.05, 4.69) is 0 Å². The highest BCUT2D eigenvalue weighted by molar-refractivity contribution is 6.25. The molecular formula is C48H30O. The summed E-state index contributed by atoms with van der Waals surface area (Å²) in [5, 5.41) is -2.00. The molecule has 0 amide bonds. The van der Waals surface area contributed by atoms with Gasteiger partial charge >= 0.3 is 0 Å². The van der Waals surface area contributed by atoms with Crippen molar-refractivity contribution in [1.82, 2.24) is 0 Å². The zero-order valence-corrected chi connectivity index (χ0v) is 25.3. The number of fused-ring (bicyclic) bond motifs is 6. The van der Waals surface area contributed by atoms with Crippen molar-refractivity contribution in [3.05, 3.63) is 182 Å². The Balaban J connectivity index is 1.49. The molecule has 0 unspecified atom stereocenters. The Hall–Kier alpha value is -6.44. The molecule has 1 heteroatoms. The highest BCUT2D eigenvalue weighted by atomic mass is 16.3. The first-order chi connectivity index (χ1) is 32.2. The second kappa shape index (κ2) is 11.1. The summed E-state index contributed by atoms with van der Waals surface area (Å²) in [4.78, 5) is 0. The van der Waals surface area contributed by atoms with Crippen LogP contribution in [0.2, 0.25) is 0 Å². The van der Waals surface area contributed by atoms with Gasteiger partial charge in [0.2, 0.25) is 0 Å². The van der Waals surface area contributed by atoms with Gasteiger partial charge in [0.15, 0.2) is 0 Å². The molecule has 0 N–H and O–H groups in total. The van der Waals surface area contributed by atoms with Gasteiger partial charge in [-0.05, 0) is 77.3 Å². The summed E-state index contributed by atoms with van der Waals surface area (Å²) in [7, 11) is 0. The van der Waals surface area contributed by atoms with Gasteiger partial charge in [-0.15, -0.1) is 0 Å². The summed E-state index contributed by atoms with van der Waals surface area (Å²) < 4.78 is 180. The molecule has 1 nitrogen and oxygen atoms in total. The normalized spacial score (nSPS) is 17.1. The van der Waals surface area contributed by atoms with E-state index in [4.69, 9.17) is 19.5 Å². The van der Waals surface area contributed by atoms with Gasteiger partial charge in [0.1, 0.15) is 11.2 Å². The number of benzene rings is 9. The number of hydrogen-bond donors (Lipinski definition) is 0. The predicted molar refractivity (Wildman–Crippen MR) is 208 cm³/mol. The minimum absolute atomic E-state index is 0.132. The third-order valence-electron chi connectivity index (χ3n) is 8.75. The minimum Gasteiger partial charge on any atom is -0.455 e. The fourth-order valence-corrected chi connectivity index (χ4v) is 6.73. The van der Waals surface area contributed by atoms with Crippen molar-refractivity contribution in [3.63, 3.8) is 0 Å². The van der Waals surface area contributed by atoms with Crippen LogP contribution < -0.4 is 0 Å². The SMILES string of the molecule is [2H]c1c([2H])c([2H])c(-c2c3c([2H])c([2H])c([2H])c([2H])c3c(-c3c([2H])c([2H])c(-c4cccc5oc6c(-c7ccccc7)cccc6c45)c4c([2H])c([2H])c([2H])c([2H])c34)c3c([2H])c([2H])c([2H])c([2H])c23)c([2H])c1[2H]. The first-order valence-electron chi connectivity index (χ1n) is 24.8. The predicted octanol–water partition coefficient (Wildman–Crippen LogP) is 13.7.